The first-order valence-corrected chi connectivity index (χ1v) is 21.2. The van der Waals surface area contributed by atoms with Gasteiger partial charge in [0.05, 0.1) is 25.7 Å². The number of benzene rings is 5. The van der Waals surface area contributed by atoms with Gasteiger partial charge in [0, 0.05) is 29.7 Å². The molecular formula is C51H59FN2O8. The van der Waals surface area contributed by atoms with Crippen LogP contribution in [0.5, 0.6) is 40.2 Å². The van der Waals surface area contributed by atoms with Crippen LogP contribution in [0.25, 0.3) is 0 Å². The van der Waals surface area contributed by atoms with Crippen LogP contribution < -0.4 is 35.2 Å². The third-order valence-electron chi connectivity index (χ3n) is 11.7. The standard InChI is InChI=1S/C23H22O6.C11H16.C9H10FN.C8H11NO2/c1-11(2)16-8-14-15(28-16)6-5-12-22(24)21-13-7-18(25-3)19(26-4)9-17(13)27-10-20(21)29-23(12)14;1-3-10(2)9-11-7-5-4-6-8-11;10-8-3-1-2-7-6(8)4-5-9(7)11;9-4-3-6-1-2-7(10)8(11)5-6/h5-7,9,16,20-21H,1,8,10H2,2-4H3;4-8,10H,3,9H2,1-2H3;1-3,9H,4-5,11H2;1-2,5,10-11H,3-4,9H2/t16-,20-,21+;;;/m1.../s1. The summed E-state index contributed by atoms with van der Waals surface area (Å²) in [4.78, 5) is 13.5. The molecule has 3 heterocycles. The zero-order valence-electron chi connectivity index (χ0n) is 36.3. The second kappa shape index (κ2) is 20.7. The van der Waals surface area contributed by atoms with Crippen LogP contribution in [0, 0.1) is 11.7 Å². The van der Waals surface area contributed by atoms with Crippen molar-refractivity contribution in [3.05, 3.63) is 148 Å². The van der Waals surface area contributed by atoms with Crippen molar-refractivity contribution in [3.8, 4) is 40.2 Å². The predicted octanol–water partition coefficient (Wildman–Crippen LogP) is 9.35. The molecule has 0 bridgehead atoms. The molecule has 0 spiro atoms. The van der Waals surface area contributed by atoms with Crippen molar-refractivity contribution in [1.29, 1.82) is 0 Å². The molecule has 3 aliphatic heterocycles. The zero-order valence-corrected chi connectivity index (χ0v) is 36.3. The van der Waals surface area contributed by atoms with Crippen LogP contribution in [0.2, 0.25) is 0 Å². The molecule has 5 aromatic carbocycles. The number of fused-ring (bicyclic) bond motifs is 7. The fraction of sp³-hybridized carbons (Fsp3) is 0.353. The number of ketones is 1. The van der Waals surface area contributed by atoms with Gasteiger partial charge in [-0.25, -0.2) is 4.39 Å². The van der Waals surface area contributed by atoms with Crippen molar-refractivity contribution in [1.82, 2.24) is 0 Å². The highest BCUT2D eigenvalue weighted by Crippen LogP contribution is 2.50. The van der Waals surface area contributed by atoms with Gasteiger partial charge < -0.3 is 45.4 Å². The van der Waals surface area contributed by atoms with E-state index in [-0.39, 0.29) is 41.9 Å². The highest BCUT2D eigenvalue weighted by Gasteiger charge is 2.45. The first-order chi connectivity index (χ1) is 29.9. The smallest absolute Gasteiger partial charge is 0.178 e. The number of phenolic OH excluding ortho intramolecular Hbond substituents is 2. The molecule has 6 N–H and O–H groups in total. The van der Waals surface area contributed by atoms with Gasteiger partial charge in [-0.05, 0) is 109 Å². The molecule has 0 saturated carbocycles. The molecule has 5 atom stereocenters. The SMILES string of the molecule is C=C(C)[C@H]1Cc2c(ccc3c2O[C@@H]2COc4cc(OC)c(OC)cc4[C@@H]2C3=O)O1.CCC(C)Cc1ccccc1.NC1CCc2c(F)cccc21.NCCc1ccc(O)c(O)c1. The maximum Gasteiger partial charge on any atom is 0.178 e. The van der Waals surface area contributed by atoms with E-state index in [1.807, 2.05) is 25.1 Å². The molecule has 10 nitrogen and oxygen atoms in total. The Morgan fingerprint density at radius 2 is 1.63 bits per heavy atom. The van der Waals surface area contributed by atoms with E-state index in [9.17, 15) is 9.18 Å². The van der Waals surface area contributed by atoms with Gasteiger partial charge in [0.25, 0.3) is 0 Å². The summed E-state index contributed by atoms with van der Waals surface area (Å²) in [7, 11) is 3.14. The van der Waals surface area contributed by atoms with Crippen molar-refractivity contribution in [2.45, 2.75) is 83.5 Å². The topological polar surface area (TPSA) is 156 Å². The number of aromatic hydroxyl groups is 2. The number of methoxy groups -OCH3 is 2. The summed E-state index contributed by atoms with van der Waals surface area (Å²) in [5, 5.41) is 18.0. The Morgan fingerprint density at radius 3 is 2.29 bits per heavy atom. The third kappa shape index (κ3) is 10.3. The molecule has 2 unspecified atom stereocenters. The van der Waals surface area contributed by atoms with Crippen molar-refractivity contribution in [2.75, 3.05) is 27.4 Å². The monoisotopic (exact) mass is 846 g/mol. The predicted molar refractivity (Wildman–Crippen MR) is 240 cm³/mol. The van der Waals surface area contributed by atoms with Gasteiger partial charge in [-0.2, -0.15) is 0 Å². The average molecular weight is 847 g/mol. The number of hydrogen-bond donors (Lipinski definition) is 4. The Hall–Kier alpha value is -6.04. The number of nitrogens with two attached hydrogens (primary N) is 2. The Balaban J connectivity index is 0.000000160. The van der Waals surface area contributed by atoms with Gasteiger partial charge in [-0.1, -0.05) is 75.4 Å². The molecule has 62 heavy (non-hydrogen) atoms. The largest absolute Gasteiger partial charge is 0.504 e. The van der Waals surface area contributed by atoms with E-state index >= 15 is 0 Å². The van der Waals surface area contributed by atoms with Gasteiger partial charge >= 0.3 is 0 Å². The molecule has 328 valence electrons. The van der Waals surface area contributed by atoms with Crippen LogP contribution in [0.1, 0.15) is 89.3 Å². The van der Waals surface area contributed by atoms with Crippen LogP contribution >= 0.6 is 0 Å². The van der Waals surface area contributed by atoms with Crippen LogP contribution in [0.4, 0.5) is 4.39 Å². The van der Waals surface area contributed by atoms with E-state index in [0.29, 0.717) is 47.9 Å². The Kier molecular flexibility index (Phi) is 15.2. The summed E-state index contributed by atoms with van der Waals surface area (Å²) in [6, 6.07) is 27.8. The van der Waals surface area contributed by atoms with Gasteiger partial charge in [0.15, 0.2) is 28.8 Å². The van der Waals surface area contributed by atoms with Gasteiger partial charge in [0.2, 0.25) is 0 Å². The summed E-state index contributed by atoms with van der Waals surface area (Å²) in [5.41, 5.74) is 18.5. The molecule has 0 fully saturated rings. The van der Waals surface area contributed by atoms with E-state index in [0.717, 1.165) is 57.9 Å². The first kappa shape index (κ1) is 45.5. The van der Waals surface area contributed by atoms with Crippen LogP contribution in [0.3, 0.4) is 0 Å². The normalized spacial score (nSPS) is 18.9. The molecule has 0 aromatic heterocycles. The fourth-order valence-electron chi connectivity index (χ4n) is 8.03. The van der Waals surface area contributed by atoms with Crippen LogP contribution in [-0.4, -0.2) is 55.6 Å². The molecule has 4 aliphatic rings. The third-order valence-corrected chi connectivity index (χ3v) is 11.7. The number of ether oxygens (including phenoxy) is 5. The molecule has 0 amide bonds. The lowest BCUT2D eigenvalue weighted by Gasteiger charge is -2.37. The van der Waals surface area contributed by atoms with Crippen molar-refractivity contribution in [3.63, 3.8) is 0 Å². The summed E-state index contributed by atoms with van der Waals surface area (Å²) < 4.78 is 42.0. The summed E-state index contributed by atoms with van der Waals surface area (Å²) in [5.74, 6) is 3.22. The number of rotatable bonds is 8. The minimum atomic E-state index is -0.455. The summed E-state index contributed by atoms with van der Waals surface area (Å²) in [6.45, 7) is 11.3. The van der Waals surface area contributed by atoms with E-state index in [2.05, 4.69) is 50.8 Å². The lowest BCUT2D eigenvalue weighted by atomic mass is 9.81. The minimum absolute atomic E-state index is 0.0228. The zero-order chi connectivity index (χ0) is 44.5. The van der Waals surface area contributed by atoms with Gasteiger partial charge in [0.1, 0.15) is 41.9 Å². The van der Waals surface area contributed by atoms with Crippen molar-refractivity contribution >= 4 is 5.78 Å². The maximum absolute atomic E-state index is 13.5. The second-order valence-corrected chi connectivity index (χ2v) is 16.1. The number of hydrogen-bond acceptors (Lipinski definition) is 10. The molecule has 0 radical (unpaired) electrons. The molecule has 1 aliphatic carbocycles. The Bertz CT molecular complexity index is 2350. The van der Waals surface area contributed by atoms with E-state index in [1.165, 1.54) is 36.6 Å². The number of halogens is 1. The molecule has 0 saturated heterocycles. The molecule has 5 aromatic rings. The maximum atomic E-state index is 13.5. The highest BCUT2D eigenvalue weighted by molar-refractivity contribution is 6.06. The number of Topliss-reactive ketones (excluding diaryl/α,β-unsaturated/α-hetero) is 1. The molecule has 9 rings (SSSR count). The van der Waals surface area contributed by atoms with Crippen LogP contribution in [-0.2, 0) is 25.7 Å². The van der Waals surface area contributed by atoms with Crippen LogP contribution in [0.15, 0.2) is 103 Å². The van der Waals surface area contributed by atoms with Gasteiger partial charge in [-0.15, -0.1) is 0 Å². The second-order valence-electron chi connectivity index (χ2n) is 16.1. The van der Waals surface area contributed by atoms with Crippen molar-refractivity contribution in [2.24, 2.45) is 17.4 Å². The van der Waals surface area contributed by atoms with E-state index < -0.39 is 12.0 Å². The summed E-state index contributed by atoms with van der Waals surface area (Å²) >= 11 is 0. The molecular weight excluding hydrogens is 788 g/mol. The minimum Gasteiger partial charge on any atom is -0.504 e. The van der Waals surface area contributed by atoms with Gasteiger partial charge in [-0.3, -0.25) is 4.79 Å². The molecule has 11 heteroatoms. The van der Waals surface area contributed by atoms with E-state index in [4.69, 9.17) is 45.4 Å². The van der Waals surface area contributed by atoms with Crippen molar-refractivity contribution < 1.29 is 43.1 Å². The fourth-order valence-corrected chi connectivity index (χ4v) is 8.03. The van der Waals surface area contributed by atoms with E-state index in [1.54, 1.807) is 38.5 Å². The average Bonchev–Trinajstić information content (AvgIpc) is 3.90. The lowest BCUT2D eigenvalue weighted by Crippen LogP contribution is -2.43. The highest BCUT2D eigenvalue weighted by atomic mass is 19.1. The first-order valence-electron chi connectivity index (χ1n) is 21.2. The quantitative estimate of drug-likeness (QED) is 0.0877. The lowest BCUT2D eigenvalue weighted by molar-refractivity contribution is 0.0554. The number of carbonyl (C=O) groups is 1. The number of carbonyl (C=O) groups excluding carboxylic acids is 1. The Morgan fingerprint density at radius 1 is 0.887 bits per heavy atom. The summed E-state index contributed by atoms with van der Waals surface area (Å²) in [6.07, 6.45) is 5.05. The number of phenols is 2. The Labute approximate surface area is 364 Å².